The van der Waals surface area contributed by atoms with E-state index in [1.807, 2.05) is 0 Å². The Morgan fingerprint density at radius 1 is 0.900 bits per heavy atom. The van der Waals surface area contributed by atoms with E-state index in [1.54, 1.807) is 24.3 Å². The SMILES string of the molecule is COc1ccc(N(C(=O)c2ccc(S(=O)(=O)N(C)C)cc2)[C@@H](C(=O)NC2CCCCC2)c2ccc(F)cc2)cc1. The van der Waals surface area contributed by atoms with Crippen LogP contribution in [0.5, 0.6) is 5.75 Å². The summed E-state index contributed by atoms with van der Waals surface area (Å²) in [5, 5.41) is 3.12. The van der Waals surface area contributed by atoms with Gasteiger partial charge in [-0.3, -0.25) is 14.5 Å². The molecule has 0 aromatic heterocycles. The van der Waals surface area contributed by atoms with E-state index in [0.29, 0.717) is 17.0 Å². The molecule has 0 unspecified atom stereocenters. The molecule has 1 N–H and O–H groups in total. The number of nitrogens with zero attached hydrogens (tertiary/aromatic N) is 2. The Morgan fingerprint density at radius 3 is 2.05 bits per heavy atom. The van der Waals surface area contributed by atoms with Gasteiger partial charge in [-0.15, -0.1) is 0 Å². The molecule has 0 bridgehead atoms. The number of hydrogen-bond donors (Lipinski definition) is 1. The molecule has 1 aliphatic rings. The molecule has 4 rings (SSSR count). The van der Waals surface area contributed by atoms with Crippen molar-refractivity contribution >= 4 is 27.5 Å². The van der Waals surface area contributed by atoms with Gasteiger partial charge in [-0.2, -0.15) is 0 Å². The third kappa shape index (κ3) is 6.51. The molecule has 8 nitrogen and oxygen atoms in total. The Kier molecular flexibility index (Phi) is 9.21. The van der Waals surface area contributed by atoms with Crippen LogP contribution in [0.25, 0.3) is 0 Å². The summed E-state index contributed by atoms with van der Waals surface area (Å²) in [6.07, 6.45) is 4.83. The lowest BCUT2D eigenvalue weighted by molar-refractivity contribution is -0.123. The van der Waals surface area contributed by atoms with E-state index in [1.165, 1.54) is 74.6 Å². The third-order valence-electron chi connectivity index (χ3n) is 7.09. The van der Waals surface area contributed by atoms with Gasteiger partial charge in [0.25, 0.3) is 5.91 Å². The number of carbonyl (C=O) groups excluding carboxylic acids is 2. The average Bonchev–Trinajstić information content (AvgIpc) is 2.96. The summed E-state index contributed by atoms with van der Waals surface area (Å²) < 4.78 is 45.4. The molecule has 3 aromatic rings. The van der Waals surface area contributed by atoms with Crippen LogP contribution >= 0.6 is 0 Å². The number of ether oxygens (including phenoxy) is 1. The second-order valence-electron chi connectivity index (χ2n) is 9.98. The Balaban J connectivity index is 1.80. The highest BCUT2D eigenvalue weighted by Crippen LogP contribution is 2.32. The van der Waals surface area contributed by atoms with Crippen LogP contribution in [0.2, 0.25) is 0 Å². The molecule has 0 saturated heterocycles. The van der Waals surface area contributed by atoms with Gasteiger partial charge in [0.15, 0.2) is 0 Å². The molecule has 2 amide bonds. The Morgan fingerprint density at radius 2 is 1.50 bits per heavy atom. The van der Waals surface area contributed by atoms with Gasteiger partial charge in [-0.05, 0) is 79.1 Å². The van der Waals surface area contributed by atoms with Crippen LogP contribution in [-0.2, 0) is 14.8 Å². The molecule has 0 heterocycles. The van der Waals surface area contributed by atoms with Gasteiger partial charge in [0.2, 0.25) is 15.9 Å². The second kappa shape index (κ2) is 12.6. The highest BCUT2D eigenvalue weighted by molar-refractivity contribution is 7.89. The number of sulfonamides is 1. The van der Waals surface area contributed by atoms with E-state index in [-0.39, 0.29) is 22.4 Å². The lowest BCUT2D eigenvalue weighted by atomic mass is 9.94. The average molecular weight is 568 g/mol. The summed E-state index contributed by atoms with van der Waals surface area (Å²) in [4.78, 5) is 29.5. The number of halogens is 1. The first-order valence-electron chi connectivity index (χ1n) is 13.2. The van der Waals surface area contributed by atoms with Crippen molar-refractivity contribution < 1.29 is 27.1 Å². The number of anilines is 1. The van der Waals surface area contributed by atoms with Crippen LogP contribution in [0, 0.1) is 5.82 Å². The zero-order valence-electron chi connectivity index (χ0n) is 22.8. The standard InChI is InChI=1S/C30H34FN3O5S/c1-33(2)40(37,38)27-19-11-22(12-20-27)30(36)34(25-15-17-26(39-3)18-16-25)28(21-9-13-23(31)14-10-21)29(35)32-24-7-5-4-6-8-24/h9-20,24,28H,4-8H2,1-3H3,(H,32,35)/t28-/m1/s1. The first kappa shape index (κ1) is 29.2. The van der Waals surface area contributed by atoms with Crippen LogP contribution in [0.4, 0.5) is 10.1 Å². The smallest absolute Gasteiger partial charge is 0.259 e. The van der Waals surface area contributed by atoms with Crippen molar-refractivity contribution in [2.24, 2.45) is 0 Å². The number of hydrogen-bond acceptors (Lipinski definition) is 5. The van der Waals surface area contributed by atoms with Crippen LogP contribution in [0.1, 0.15) is 54.1 Å². The summed E-state index contributed by atoms with van der Waals surface area (Å²) in [7, 11) is 0.687. The molecule has 1 atom stereocenters. The normalized spacial score (nSPS) is 14.9. The second-order valence-corrected chi connectivity index (χ2v) is 12.1. The van der Waals surface area contributed by atoms with Crippen molar-refractivity contribution in [1.82, 2.24) is 9.62 Å². The summed E-state index contributed by atoms with van der Waals surface area (Å²) in [6.45, 7) is 0. The molecule has 1 aliphatic carbocycles. The van der Waals surface area contributed by atoms with Crippen molar-refractivity contribution in [3.8, 4) is 5.75 Å². The minimum atomic E-state index is -3.70. The maximum Gasteiger partial charge on any atom is 0.259 e. The minimum absolute atomic E-state index is 0.0208. The van der Waals surface area contributed by atoms with E-state index >= 15 is 0 Å². The summed E-state index contributed by atoms with van der Waals surface area (Å²) in [5.41, 5.74) is 1.04. The largest absolute Gasteiger partial charge is 0.497 e. The first-order valence-corrected chi connectivity index (χ1v) is 14.6. The van der Waals surface area contributed by atoms with Gasteiger partial charge >= 0.3 is 0 Å². The van der Waals surface area contributed by atoms with Crippen LogP contribution in [-0.4, -0.2) is 51.8 Å². The lowest BCUT2D eigenvalue weighted by Gasteiger charge is -2.33. The quantitative estimate of drug-likeness (QED) is 0.396. The maximum atomic E-state index is 14.2. The van der Waals surface area contributed by atoms with Gasteiger partial charge in [-0.25, -0.2) is 17.1 Å². The molecule has 0 radical (unpaired) electrons. The zero-order valence-corrected chi connectivity index (χ0v) is 23.7. The molecule has 212 valence electrons. The number of benzene rings is 3. The van der Waals surface area contributed by atoms with Crippen LogP contribution < -0.4 is 15.0 Å². The highest BCUT2D eigenvalue weighted by atomic mass is 32.2. The summed E-state index contributed by atoms with van der Waals surface area (Å²) in [6, 6.07) is 16.7. The van der Waals surface area contributed by atoms with Crippen molar-refractivity contribution in [1.29, 1.82) is 0 Å². The predicted molar refractivity (Wildman–Crippen MR) is 151 cm³/mol. The maximum absolute atomic E-state index is 14.2. The van der Waals surface area contributed by atoms with E-state index in [4.69, 9.17) is 4.74 Å². The highest BCUT2D eigenvalue weighted by Gasteiger charge is 2.35. The molecule has 10 heteroatoms. The Hall–Kier alpha value is -3.76. The van der Waals surface area contributed by atoms with Crippen LogP contribution in [0.15, 0.2) is 77.7 Å². The number of nitrogens with one attached hydrogen (secondary N) is 1. The van der Waals surface area contributed by atoms with E-state index in [0.717, 1.165) is 36.4 Å². The van der Waals surface area contributed by atoms with Crippen molar-refractivity contribution in [3.63, 3.8) is 0 Å². The molecule has 40 heavy (non-hydrogen) atoms. The molecular weight excluding hydrogens is 533 g/mol. The summed E-state index contributed by atoms with van der Waals surface area (Å²) >= 11 is 0. The van der Waals surface area contributed by atoms with E-state index < -0.39 is 27.8 Å². The predicted octanol–water partition coefficient (Wildman–Crippen LogP) is 4.92. The number of rotatable bonds is 9. The monoisotopic (exact) mass is 567 g/mol. The fourth-order valence-corrected chi connectivity index (χ4v) is 5.74. The van der Waals surface area contributed by atoms with Crippen LogP contribution in [0.3, 0.4) is 0 Å². The fourth-order valence-electron chi connectivity index (χ4n) is 4.84. The molecule has 0 spiro atoms. The van der Waals surface area contributed by atoms with Gasteiger partial charge in [0.05, 0.1) is 12.0 Å². The van der Waals surface area contributed by atoms with Crippen molar-refractivity contribution in [2.75, 3.05) is 26.1 Å². The molecular formula is C30H34FN3O5S. The molecule has 1 saturated carbocycles. The molecule has 3 aromatic carbocycles. The molecule has 1 fully saturated rings. The number of amides is 2. The molecule has 0 aliphatic heterocycles. The Labute approximate surface area is 234 Å². The number of methoxy groups -OCH3 is 1. The topological polar surface area (TPSA) is 96.0 Å². The summed E-state index contributed by atoms with van der Waals surface area (Å²) in [5.74, 6) is -0.795. The van der Waals surface area contributed by atoms with Gasteiger partial charge in [0.1, 0.15) is 17.6 Å². The number of carbonyl (C=O) groups is 2. The van der Waals surface area contributed by atoms with E-state index in [2.05, 4.69) is 5.32 Å². The first-order chi connectivity index (χ1) is 19.1. The Bertz CT molecular complexity index is 1420. The lowest BCUT2D eigenvalue weighted by Crippen LogP contribution is -2.47. The minimum Gasteiger partial charge on any atom is -0.497 e. The zero-order chi connectivity index (χ0) is 28.9. The fraction of sp³-hybridized carbons (Fsp3) is 0.333. The third-order valence-corrected chi connectivity index (χ3v) is 8.92. The van der Waals surface area contributed by atoms with Crippen molar-refractivity contribution in [2.45, 2.75) is 49.1 Å². The van der Waals surface area contributed by atoms with Gasteiger partial charge < -0.3 is 10.1 Å². The van der Waals surface area contributed by atoms with Gasteiger partial charge in [-0.1, -0.05) is 31.4 Å². The van der Waals surface area contributed by atoms with E-state index in [9.17, 15) is 22.4 Å². The van der Waals surface area contributed by atoms with Gasteiger partial charge in [0, 0.05) is 31.4 Å². The van der Waals surface area contributed by atoms with Crippen molar-refractivity contribution in [3.05, 3.63) is 89.7 Å².